The Morgan fingerprint density at radius 3 is 2.41 bits per heavy atom. The van der Waals surface area contributed by atoms with Crippen LogP contribution in [0.25, 0.3) is 0 Å². The fourth-order valence-electron chi connectivity index (χ4n) is 1.06. The van der Waals surface area contributed by atoms with Crippen molar-refractivity contribution >= 4 is 17.6 Å². The number of carbonyl (C=O) groups excluding carboxylic acids is 1. The second-order valence-corrected chi connectivity index (χ2v) is 3.39. The van der Waals surface area contributed by atoms with E-state index in [0.29, 0.717) is 12.1 Å². The van der Waals surface area contributed by atoms with Crippen molar-refractivity contribution in [3.8, 4) is 0 Å². The summed E-state index contributed by atoms with van der Waals surface area (Å²) in [5.74, 6) is -4.54. The first-order valence-electron chi connectivity index (χ1n) is 4.61. The molecule has 1 atom stereocenters. The number of carboxylic acid groups (broad SMARTS) is 1. The van der Waals surface area contributed by atoms with Crippen molar-refractivity contribution in [1.82, 2.24) is 0 Å². The van der Waals surface area contributed by atoms with Crippen molar-refractivity contribution in [1.29, 1.82) is 0 Å². The summed E-state index contributed by atoms with van der Waals surface area (Å²) < 4.78 is 26.2. The van der Waals surface area contributed by atoms with Crippen LogP contribution in [0, 0.1) is 11.6 Å². The molecule has 0 bridgehead atoms. The first-order valence-corrected chi connectivity index (χ1v) is 4.61. The molecule has 0 fully saturated rings. The normalized spacial score (nSPS) is 12.0. The van der Waals surface area contributed by atoms with Gasteiger partial charge in [0.25, 0.3) is 0 Å². The molecule has 5 nitrogen and oxygen atoms in total. The lowest BCUT2D eigenvalue weighted by Gasteiger charge is -2.09. The van der Waals surface area contributed by atoms with Crippen LogP contribution >= 0.6 is 0 Å². The summed E-state index contributed by atoms with van der Waals surface area (Å²) in [6, 6.07) is 0.195. The molecule has 0 unspecified atom stereocenters. The maximum atomic E-state index is 13.2. The Hall–Kier alpha value is -2.02. The van der Waals surface area contributed by atoms with Crippen LogP contribution in [0.2, 0.25) is 0 Å². The number of carbonyl (C=O) groups is 2. The summed E-state index contributed by atoms with van der Waals surface area (Å²) in [7, 11) is 0. The SMILES string of the molecule is C[C@H](N)C(=O)Nc1cc(C(=O)O)c(F)cc1F. The highest BCUT2D eigenvalue weighted by molar-refractivity contribution is 5.96. The number of aromatic carboxylic acids is 1. The highest BCUT2D eigenvalue weighted by atomic mass is 19.1. The van der Waals surface area contributed by atoms with E-state index in [0.717, 1.165) is 0 Å². The first-order chi connectivity index (χ1) is 7.82. The van der Waals surface area contributed by atoms with E-state index in [4.69, 9.17) is 10.8 Å². The van der Waals surface area contributed by atoms with Crippen LogP contribution in [-0.2, 0) is 4.79 Å². The van der Waals surface area contributed by atoms with E-state index < -0.39 is 40.8 Å². The van der Waals surface area contributed by atoms with Crippen molar-refractivity contribution < 1.29 is 23.5 Å². The summed E-state index contributed by atoms with van der Waals surface area (Å²) in [5, 5.41) is 10.7. The molecule has 92 valence electrons. The van der Waals surface area contributed by atoms with E-state index in [-0.39, 0.29) is 0 Å². The zero-order valence-corrected chi connectivity index (χ0v) is 8.83. The van der Waals surface area contributed by atoms with Crippen LogP contribution in [-0.4, -0.2) is 23.0 Å². The van der Waals surface area contributed by atoms with Gasteiger partial charge in [0.2, 0.25) is 5.91 Å². The van der Waals surface area contributed by atoms with E-state index in [2.05, 4.69) is 5.32 Å². The number of carboxylic acids is 1. The molecule has 1 amide bonds. The highest BCUT2D eigenvalue weighted by Gasteiger charge is 2.17. The third-order valence-corrected chi connectivity index (χ3v) is 1.96. The Labute approximate surface area is 95.2 Å². The van der Waals surface area contributed by atoms with Crippen LogP contribution in [0.4, 0.5) is 14.5 Å². The van der Waals surface area contributed by atoms with E-state index in [1.165, 1.54) is 6.92 Å². The molecule has 4 N–H and O–H groups in total. The van der Waals surface area contributed by atoms with Gasteiger partial charge in [-0.3, -0.25) is 4.79 Å². The average molecular weight is 244 g/mol. The van der Waals surface area contributed by atoms with Crippen LogP contribution in [0.1, 0.15) is 17.3 Å². The molecule has 17 heavy (non-hydrogen) atoms. The van der Waals surface area contributed by atoms with Crippen LogP contribution < -0.4 is 11.1 Å². The topological polar surface area (TPSA) is 92.4 Å². The van der Waals surface area contributed by atoms with Gasteiger partial charge < -0.3 is 16.2 Å². The van der Waals surface area contributed by atoms with Gasteiger partial charge in [0.15, 0.2) is 0 Å². The molecule has 0 saturated heterocycles. The van der Waals surface area contributed by atoms with Crippen molar-refractivity contribution in [2.75, 3.05) is 5.32 Å². The molecule has 0 radical (unpaired) electrons. The molecule has 7 heteroatoms. The Morgan fingerprint density at radius 2 is 1.94 bits per heavy atom. The third kappa shape index (κ3) is 2.97. The fourth-order valence-corrected chi connectivity index (χ4v) is 1.06. The zero-order valence-electron chi connectivity index (χ0n) is 8.83. The molecule has 1 aromatic rings. The maximum absolute atomic E-state index is 13.2. The zero-order chi connectivity index (χ0) is 13.2. The lowest BCUT2D eigenvalue weighted by Crippen LogP contribution is -2.32. The van der Waals surface area contributed by atoms with Gasteiger partial charge in [-0.2, -0.15) is 0 Å². The summed E-state index contributed by atoms with van der Waals surface area (Å²) >= 11 is 0. The largest absolute Gasteiger partial charge is 0.478 e. The van der Waals surface area contributed by atoms with Gasteiger partial charge in [0, 0.05) is 6.07 Å². The number of anilines is 1. The predicted molar refractivity (Wildman–Crippen MR) is 55.6 cm³/mol. The minimum absolute atomic E-state index is 0.389. The van der Waals surface area contributed by atoms with Gasteiger partial charge >= 0.3 is 5.97 Å². The minimum Gasteiger partial charge on any atom is -0.478 e. The van der Waals surface area contributed by atoms with Crippen molar-refractivity contribution in [2.24, 2.45) is 5.73 Å². The highest BCUT2D eigenvalue weighted by Crippen LogP contribution is 2.19. The summed E-state index contributed by atoms with van der Waals surface area (Å²) in [6.07, 6.45) is 0. The standard InChI is InChI=1S/C10H10F2N2O3/c1-4(13)9(15)14-8-2-5(10(16)17)6(11)3-7(8)12/h2-4H,13H2,1H3,(H,14,15)(H,16,17)/t4-/m0/s1. The lowest BCUT2D eigenvalue weighted by molar-refractivity contribution is -0.117. The van der Waals surface area contributed by atoms with Gasteiger partial charge in [-0.05, 0) is 13.0 Å². The van der Waals surface area contributed by atoms with E-state index in [1.807, 2.05) is 0 Å². The quantitative estimate of drug-likeness (QED) is 0.738. The van der Waals surface area contributed by atoms with Crippen molar-refractivity contribution in [2.45, 2.75) is 13.0 Å². The molecule has 0 saturated carbocycles. The van der Waals surface area contributed by atoms with Gasteiger partial charge in [-0.25, -0.2) is 13.6 Å². The summed E-state index contributed by atoms with van der Waals surface area (Å²) in [4.78, 5) is 21.8. The van der Waals surface area contributed by atoms with Crippen LogP contribution in [0.5, 0.6) is 0 Å². The molecule has 1 rings (SSSR count). The van der Waals surface area contributed by atoms with Gasteiger partial charge in [0.1, 0.15) is 11.6 Å². The Kier molecular flexibility index (Phi) is 3.74. The number of halogens is 2. The number of nitrogens with one attached hydrogen (secondary N) is 1. The smallest absolute Gasteiger partial charge is 0.338 e. The van der Waals surface area contributed by atoms with E-state index >= 15 is 0 Å². The van der Waals surface area contributed by atoms with Gasteiger partial charge in [0.05, 0.1) is 17.3 Å². The predicted octanol–water partition coefficient (Wildman–Crippen LogP) is 0.949. The summed E-state index contributed by atoms with van der Waals surface area (Å²) in [5.41, 5.74) is 4.08. The molecule has 0 aliphatic carbocycles. The molecule has 0 aliphatic heterocycles. The van der Waals surface area contributed by atoms with Crippen molar-refractivity contribution in [3.05, 3.63) is 29.3 Å². The molecular formula is C10H10F2N2O3. The Bertz CT molecular complexity index is 475. The Morgan fingerprint density at radius 1 is 1.35 bits per heavy atom. The van der Waals surface area contributed by atoms with E-state index in [9.17, 15) is 18.4 Å². The second-order valence-electron chi connectivity index (χ2n) is 3.39. The number of hydrogen-bond acceptors (Lipinski definition) is 3. The van der Waals surface area contributed by atoms with Crippen molar-refractivity contribution in [3.63, 3.8) is 0 Å². The third-order valence-electron chi connectivity index (χ3n) is 1.96. The molecule has 0 heterocycles. The minimum atomic E-state index is -1.56. The molecular weight excluding hydrogens is 234 g/mol. The van der Waals surface area contributed by atoms with E-state index in [1.54, 1.807) is 0 Å². The van der Waals surface area contributed by atoms with Gasteiger partial charge in [-0.1, -0.05) is 0 Å². The van der Waals surface area contributed by atoms with Crippen LogP contribution in [0.15, 0.2) is 12.1 Å². The number of rotatable bonds is 3. The Balaban J connectivity index is 3.12. The molecule has 0 aliphatic rings. The maximum Gasteiger partial charge on any atom is 0.338 e. The van der Waals surface area contributed by atoms with Crippen LogP contribution in [0.3, 0.4) is 0 Å². The fraction of sp³-hybridized carbons (Fsp3) is 0.200. The average Bonchev–Trinajstić information content (AvgIpc) is 2.21. The number of benzene rings is 1. The number of nitrogens with two attached hydrogens (primary N) is 1. The monoisotopic (exact) mass is 244 g/mol. The first kappa shape index (κ1) is 13.0. The molecule has 0 spiro atoms. The van der Waals surface area contributed by atoms with Gasteiger partial charge in [-0.15, -0.1) is 0 Å². The summed E-state index contributed by atoms with van der Waals surface area (Å²) in [6.45, 7) is 1.37. The molecule has 1 aromatic carbocycles. The number of hydrogen-bond donors (Lipinski definition) is 3. The molecule has 0 aromatic heterocycles. The number of amides is 1. The lowest BCUT2D eigenvalue weighted by atomic mass is 10.1. The second kappa shape index (κ2) is 4.88.